The standard InChI is InChI=1S/C27H32N4O2S/c1-2-31-26(33)24(34-27(31)23(18-28)25(32)21-8-4-3-5-9-21)19-29-22-12-10-20(11-13-22)14-17-30-15-6-7-16-30/h3-5,8-13,23-24,27,29H,2,6-7,14-17,19H2,1H3/t23?,24?,27-/m0/s1. The van der Waals surface area contributed by atoms with Crippen molar-refractivity contribution in [3.05, 3.63) is 65.7 Å². The van der Waals surface area contributed by atoms with Gasteiger partial charge in [0, 0.05) is 30.9 Å². The number of nitriles is 1. The minimum absolute atomic E-state index is 0.0201. The molecule has 2 aromatic carbocycles. The molecule has 3 atom stereocenters. The predicted octanol–water partition coefficient (Wildman–Crippen LogP) is 4.05. The van der Waals surface area contributed by atoms with Crippen LogP contribution in [-0.4, -0.2) is 64.8 Å². The fourth-order valence-corrected chi connectivity index (χ4v) is 6.18. The molecule has 0 spiro atoms. The lowest BCUT2D eigenvalue weighted by molar-refractivity contribution is -0.129. The van der Waals surface area contributed by atoms with Crippen LogP contribution >= 0.6 is 11.8 Å². The zero-order valence-corrected chi connectivity index (χ0v) is 20.5. The summed E-state index contributed by atoms with van der Waals surface area (Å²) in [7, 11) is 0. The molecule has 2 heterocycles. The molecule has 0 radical (unpaired) electrons. The zero-order valence-electron chi connectivity index (χ0n) is 19.7. The van der Waals surface area contributed by atoms with Crippen LogP contribution < -0.4 is 5.32 Å². The number of hydrogen-bond acceptors (Lipinski definition) is 6. The number of carbonyl (C=O) groups excluding carboxylic acids is 2. The zero-order chi connectivity index (χ0) is 23.9. The van der Waals surface area contributed by atoms with E-state index in [9.17, 15) is 14.9 Å². The number of benzene rings is 2. The Balaban J connectivity index is 1.35. The van der Waals surface area contributed by atoms with Crippen molar-refractivity contribution >= 4 is 29.1 Å². The van der Waals surface area contributed by atoms with E-state index < -0.39 is 11.3 Å². The quantitative estimate of drug-likeness (QED) is 0.522. The normalized spacial score (nSPS) is 21.4. The fraction of sp³-hybridized carbons (Fsp3) is 0.444. The van der Waals surface area contributed by atoms with Crippen molar-refractivity contribution in [3.8, 4) is 6.07 Å². The summed E-state index contributed by atoms with van der Waals surface area (Å²) in [4.78, 5) is 30.2. The fourth-order valence-electron chi connectivity index (χ4n) is 4.67. The number of rotatable bonds is 10. The lowest BCUT2D eigenvalue weighted by Gasteiger charge is -2.25. The van der Waals surface area contributed by atoms with Gasteiger partial charge in [0.2, 0.25) is 5.91 Å². The summed E-state index contributed by atoms with van der Waals surface area (Å²) in [5.74, 6) is -1.14. The van der Waals surface area contributed by atoms with E-state index in [1.165, 1.54) is 43.3 Å². The molecule has 0 saturated carbocycles. The summed E-state index contributed by atoms with van der Waals surface area (Å²) in [5, 5.41) is 12.4. The van der Waals surface area contributed by atoms with Crippen LogP contribution in [-0.2, 0) is 11.2 Å². The highest BCUT2D eigenvalue weighted by molar-refractivity contribution is 8.01. The Morgan fingerprint density at radius 2 is 1.85 bits per heavy atom. The predicted molar refractivity (Wildman–Crippen MR) is 137 cm³/mol. The number of nitrogens with zero attached hydrogens (tertiary/aromatic N) is 3. The van der Waals surface area contributed by atoms with Gasteiger partial charge in [-0.3, -0.25) is 9.59 Å². The average Bonchev–Trinajstić information content (AvgIpc) is 3.51. The van der Waals surface area contributed by atoms with Crippen LogP contribution in [0.4, 0.5) is 5.69 Å². The molecular weight excluding hydrogens is 444 g/mol. The van der Waals surface area contributed by atoms with Gasteiger partial charge in [0.25, 0.3) is 0 Å². The molecule has 178 valence electrons. The van der Waals surface area contributed by atoms with Crippen LogP contribution in [0.1, 0.15) is 35.7 Å². The van der Waals surface area contributed by atoms with Gasteiger partial charge in [-0.2, -0.15) is 5.26 Å². The first-order valence-corrected chi connectivity index (χ1v) is 13.0. The molecule has 1 amide bonds. The average molecular weight is 477 g/mol. The maximum Gasteiger partial charge on any atom is 0.238 e. The van der Waals surface area contributed by atoms with Crippen molar-refractivity contribution in [2.24, 2.45) is 5.92 Å². The summed E-state index contributed by atoms with van der Waals surface area (Å²) >= 11 is 1.42. The molecule has 2 aromatic rings. The first-order valence-electron chi connectivity index (χ1n) is 12.1. The molecule has 7 heteroatoms. The van der Waals surface area contributed by atoms with Gasteiger partial charge in [-0.1, -0.05) is 42.5 Å². The van der Waals surface area contributed by atoms with Crippen LogP contribution in [0.15, 0.2) is 54.6 Å². The highest BCUT2D eigenvalue weighted by Gasteiger charge is 2.45. The Kier molecular flexibility index (Phi) is 8.25. The highest BCUT2D eigenvalue weighted by atomic mass is 32.2. The van der Waals surface area contributed by atoms with Gasteiger partial charge in [-0.15, -0.1) is 11.8 Å². The van der Waals surface area contributed by atoms with E-state index in [0.29, 0.717) is 18.7 Å². The van der Waals surface area contributed by atoms with E-state index in [1.807, 2.05) is 13.0 Å². The lowest BCUT2D eigenvalue weighted by Crippen LogP contribution is -2.40. The number of hydrogen-bond donors (Lipinski definition) is 1. The number of thioether (sulfide) groups is 1. The third-order valence-electron chi connectivity index (χ3n) is 6.64. The largest absolute Gasteiger partial charge is 0.383 e. The molecule has 2 aliphatic rings. The van der Waals surface area contributed by atoms with Crippen molar-refractivity contribution in [3.63, 3.8) is 0 Å². The van der Waals surface area contributed by atoms with Crippen molar-refractivity contribution in [1.29, 1.82) is 5.26 Å². The molecule has 4 rings (SSSR count). The van der Waals surface area contributed by atoms with E-state index in [2.05, 4.69) is 40.6 Å². The monoisotopic (exact) mass is 476 g/mol. The van der Waals surface area contributed by atoms with Crippen molar-refractivity contribution < 1.29 is 9.59 Å². The van der Waals surface area contributed by atoms with Gasteiger partial charge in [0.15, 0.2) is 5.78 Å². The third kappa shape index (κ3) is 5.63. The summed E-state index contributed by atoms with van der Waals surface area (Å²) < 4.78 is 0. The second-order valence-corrected chi connectivity index (χ2v) is 10.2. The number of amides is 1. The molecule has 2 aliphatic heterocycles. The van der Waals surface area contributed by atoms with E-state index in [0.717, 1.165) is 18.7 Å². The minimum atomic E-state index is -0.892. The molecule has 1 N–H and O–H groups in total. The Bertz CT molecular complexity index is 1020. The second-order valence-electron chi connectivity index (χ2n) is 8.85. The van der Waals surface area contributed by atoms with Crippen LogP contribution in [0.3, 0.4) is 0 Å². The molecule has 2 unspecified atom stereocenters. The smallest absolute Gasteiger partial charge is 0.238 e. The Labute approximate surface area is 206 Å². The van der Waals surface area contributed by atoms with Crippen LogP contribution in [0, 0.1) is 17.2 Å². The molecule has 0 aliphatic carbocycles. The van der Waals surface area contributed by atoms with Crippen molar-refractivity contribution in [2.45, 2.75) is 36.8 Å². The lowest BCUT2D eigenvalue weighted by atomic mass is 9.98. The summed E-state index contributed by atoms with van der Waals surface area (Å²) in [6, 6.07) is 19.5. The summed E-state index contributed by atoms with van der Waals surface area (Å²) in [6.07, 6.45) is 3.68. The minimum Gasteiger partial charge on any atom is -0.383 e. The molecule has 34 heavy (non-hydrogen) atoms. The number of ketones is 1. The first kappa shape index (κ1) is 24.3. The number of Topliss-reactive ketones (excluding diaryl/α,β-unsaturated/α-hetero) is 1. The van der Waals surface area contributed by atoms with Gasteiger partial charge >= 0.3 is 0 Å². The van der Waals surface area contributed by atoms with Gasteiger partial charge in [-0.05, 0) is 57.0 Å². The van der Waals surface area contributed by atoms with Gasteiger partial charge in [0.1, 0.15) is 16.5 Å². The van der Waals surface area contributed by atoms with E-state index in [4.69, 9.17) is 0 Å². The maximum absolute atomic E-state index is 13.1. The molecule has 0 bridgehead atoms. The number of likely N-dealkylation sites (tertiary alicyclic amines) is 1. The highest BCUT2D eigenvalue weighted by Crippen LogP contribution is 2.37. The SMILES string of the molecule is CCN1C(=O)C(CNc2ccc(CCN3CCCC3)cc2)S[C@H]1C(C#N)C(=O)c1ccccc1. The summed E-state index contributed by atoms with van der Waals surface area (Å²) in [6.45, 7) is 6.36. The van der Waals surface area contributed by atoms with Gasteiger partial charge < -0.3 is 15.1 Å². The number of carbonyl (C=O) groups is 2. The van der Waals surface area contributed by atoms with Crippen LogP contribution in [0.5, 0.6) is 0 Å². The van der Waals surface area contributed by atoms with E-state index in [1.54, 1.807) is 29.2 Å². The molecule has 0 aromatic heterocycles. The number of anilines is 1. The Morgan fingerprint density at radius 3 is 2.50 bits per heavy atom. The topological polar surface area (TPSA) is 76.4 Å². The Hall–Kier alpha value is -2.82. The van der Waals surface area contributed by atoms with Crippen LogP contribution in [0.2, 0.25) is 0 Å². The van der Waals surface area contributed by atoms with Crippen molar-refractivity contribution in [1.82, 2.24) is 9.80 Å². The van der Waals surface area contributed by atoms with Gasteiger partial charge in [-0.25, -0.2) is 0 Å². The van der Waals surface area contributed by atoms with Crippen molar-refractivity contribution in [2.75, 3.05) is 38.0 Å². The number of nitrogens with one attached hydrogen (secondary N) is 1. The van der Waals surface area contributed by atoms with E-state index in [-0.39, 0.29) is 16.9 Å². The van der Waals surface area contributed by atoms with Crippen LogP contribution in [0.25, 0.3) is 0 Å². The molecule has 2 fully saturated rings. The second kappa shape index (κ2) is 11.5. The molecule has 6 nitrogen and oxygen atoms in total. The van der Waals surface area contributed by atoms with E-state index >= 15 is 0 Å². The first-order chi connectivity index (χ1) is 16.6. The molecule has 2 saturated heterocycles. The molecular formula is C27H32N4O2S. The maximum atomic E-state index is 13.1. The summed E-state index contributed by atoms with van der Waals surface area (Å²) in [5.41, 5.74) is 2.80. The third-order valence-corrected chi connectivity index (χ3v) is 8.14. The van der Waals surface area contributed by atoms with Gasteiger partial charge in [0.05, 0.1) is 6.07 Å². The Morgan fingerprint density at radius 1 is 1.15 bits per heavy atom.